The van der Waals surface area contributed by atoms with E-state index >= 15 is 0 Å². The highest BCUT2D eigenvalue weighted by Crippen LogP contribution is 2.42. The lowest BCUT2D eigenvalue weighted by Gasteiger charge is -2.38. The van der Waals surface area contributed by atoms with E-state index in [-0.39, 0.29) is 0 Å². The maximum Gasteiger partial charge on any atom is 0.0396 e. The van der Waals surface area contributed by atoms with Crippen molar-refractivity contribution in [3.05, 3.63) is 29.3 Å². The summed E-state index contributed by atoms with van der Waals surface area (Å²) >= 11 is 0. The number of hydrogen-bond acceptors (Lipinski definition) is 2. The molecular formula is C17H26N2. The Balaban J connectivity index is 1.75. The third kappa shape index (κ3) is 2.51. The molecule has 2 aliphatic rings. The van der Waals surface area contributed by atoms with Gasteiger partial charge in [0.25, 0.3) is 0 Å². The molecule has 2 aliphatic heterocycles. The van der Waals surface area contributed by atoms with Crippen LogP contribution in [0.25, 0.3) is 0 Å². The summed E-state index contributed by atoms with van der Waals surface area (Å²) in [6.07, 6.45) is 4.14. The van der Waals surface area contributed by atoms with Crippen molar-refractivity contribution in [1.29, 1.82) is 0 Å². The van der Waals surface area contributed by atoms with Crippen molar-refractivity contribution in [2.24, 2.45) is 5.41 Å². The van der Waals surface area contributed by atoms with Crippen molar-refractivity contribution in [2.45, 2.75) is 33.1 Å². The van der Waals surface area contributed by atoms with Crippen LogP contribution >= 0.6 is 0 Å². The Morgan fingerprint density at radius 3 is 2.37 bits per heavy atom. The van der Waals surface area contributed by atoms with Gasteiger partial charge >= 0.3 is 0 Å². The number of benzene rings is 1. The number of likely N-dealkylation sites (tertiary alicyclic amines) is 1. The van der Waals surface area contributed by atoms with Crippen molar-refractivity contribution in [3.8, 4) is 0 Å². The fraction of sp³-hybridized carbons (Fsp3) is 0.647. The summed E-state index contributed by atoms with van der Waals surface area (Å²) in [4.78, 5) is 5.10. The molecule has 2 fully saturated rings. The van der Waals surface area contributed by atoms with Crippen LogP contribution in [0.15, 0.2) is 18.2 Å². The van der Waals surface area contributed by atoms with Gasteiger partial charge in [-0.25, -0.2) is 0 Å². The second kappa shape index (κ2) is 4.82. The first-order valence-corrected chi connectivity index (χ1v) is 7.59. The van der Waals surface area contributed by atoms with Crippen LogP contribution in [0.2, 0.25) is 0 Å². The van der Waals surface area contributed by atoms with Crippen molar-refractivity contribution in [3.63, 3.8) is 0 Å². The second-order valence-electron chi connectivity index (χ2n) is 6.76. The molecular weight excluding hydrogens is 232 g/mol. The Hall–Kier alpha value is -1.02. The Bertz CT molecular complexity index is 458. The molecule has 0 bridgehead atoms. The van der Waals surface area contributed by atoms with Gasteiger partial charge in [-0.05, 0) is 70.3 Å². The minimum Gasteiger partial charge on any atom is -0.371 e. The number of rotatable bonds is 1. The fourth-order valence-corrected chi connectivity index (χ4v) is 3.80. The number of hydrogen-bond donors (Lipinski definition) is 0. The quantitative estimate of drug-likeness (QED) is 0.763. The molecule has 0 saturated carbocycles. The van der Waals surface area contributed by atoms with Crippen LogP contribution in [0, 0.1) is 19.3 Å². The maximum atomic E-state index is 2.63. The number of aryl methyl sites for hydroxylation is 2. The van der Waals surface area contributed by atoms with Gasteiger partial charge < -0.3 is 9.80 Å². The van der Waals surface area contributed by atoms with E-state index in [1.54, 1.807) is 0 Å². The van der Waals surface area contributed by atoms with E-state index in [0.29, 0.717) is 5.41 Å². The van der Waals surface area contributed by atoms with Crippen LogP contribution in [0.4, 0.5) is 5.69 Å². The summed E-state index contributed by atoms with van der Waals surface area (Å²) in [6, 6.07) is 6.88. The van der Waals surface area contributed by atoms with Crippen molar-refractivity contribution in [2.75, 3.05) is 38.1 Å². The van der Waals surface area contributed by atoms with Gasteiger partial charge in [0.15, 0.2) is 0 Å². The minimum atomic E-state index is 0.601. The van der Waals surface area contributed by atoms with E-state index in [0.717, 1.165) is 0 Å². The molecule has 104 valence electrons. The molecule has 0 amide bonds. The molecule has 1 aromatic rings. The smallest absolute Gasteiger partial charge is 0.0396 e. The summed E-state index contributed by atoms with van der Waals surface area (Å²) in [5.74, 6) is 0. The Kier molecular flexibility index (Phi) is 3.30. The van der Waals surface area contributed by atoms with E-state index in [4.69, 9.17) is 0 Å². The molecule has 2 nitrogen and oxygen atoms in total. The van der Waals surface area contributed by atoms with Gasteiger partial charge in [0.2, 0.25) is 0 Å². The highest BCUT2D eigenvalue weighted by atomic mass is 15.2. The van der Waals surface area contributed by atoms with E-state index < -0.39 is 0 Å². The number of nitrogens with zero attached hydrogens (tertiary/aromatic N) is 2. The zero-order valence-corrected chi connectivity index (χ0v) is 12.6. The standard InChI is InChI=1S/C17H26N2/c1-14-4-5-16(15(2)12-14)19-11-8-17(13-19)6-9-18(3)10-7-17/h4-5,12H,6-11,13H2,1-3H3. The van der Waals surface area contributed by atoms with E-state index in [1.165, 1.54) is 62.3 Å². The third-order valence-electron chi connectivity index (χ3n) is 5.18. The van der Waals surface area contributed by atoms with Crippen molar-refractivity contribution < 1.29 is 0 Å². The van der Waals surface area contributed by atoms with E-state index in [9.17, 15) is 0 Å². The molecule has 3 rings (SSSR count). The second-order valence-corrected chi connectivity index (χ2v) is 6.76. The Morgan fingerprint density at radius 1 is 1.00 bits per heavy atom. The highest BCUT2D eigenvalue weighted by molar-refractivity contribution is 5.55. The van der Waals surface area contributed by atoms with Gasteiger partial charge in [0, 0.05) is 18.8 Å². The SMILES string of the molecule is Cc1ccc(N2CCC3(CCN(C)CC3)C2)c(C)c1. The molecule has 2 heteroatoms. The van der Waals surface area contributed by atoms with Crippen LogP contribution in [-0.4, -0.2) is 38.1 Å². The monoisotopic (exact) mass is 258 g/mol. The topological polar surface area (TPSA) is 6.48 Å². The van der Waals surface area contributed by atoms with Gasteiger partial charge in [-0.1, -0.05) is 17.7 Å². The van der Waals surface area contributed by atoms with Gasteiger partial charge in [-0.3, -0.25) is 0 Å². The van der Waals surface area contributed by atoms with Crippen LogP contribution < -0.4 is 4.90 Å². The first kappa shape index (κ1) is 13.0. The van der Waals surface area contributed by atoms with E-state index in [2.05, 4.69) is 48.9 Å². The third-order valence-corrected chi connectivity index (χ3v) is 5.18. The van der Waals surface area contributed by atoms with Crippen LogP contribution in [0.5, 0.6) is 0 Å². The summed E-state index contributed by atoms with van der Waals surface area (Å²) in [6.45, 7) is 9.50. The molecule has 0 aliphatic carbocycles. The molecule has 0 aromatic heterocycles. The molecule has 0 radical (unpaired) electrons. The van der Waals surface area contributed by atoms with Crippen LogP contribution in [0.1, 0.15) is 30.4 Å². The van der Waals surface area contributed by atoms with Crippen LogP contribution in [-0.2, 0) is 0 Å². The molecule has 1 aromatic carbocycles. The lowest BCUT2D eigenvalue weighted by Crippen LogP contribution is -2.39. The zero-order valence-electron chi connectivity index (χ0n) is 12.6. The first-order chi connectivity index (χ1) is 9.08. The lowest BCUT2D eigenvalue weighted by molar-refractivity contribution is 0.142. The molecule has 2 saturated heterocycles. The predicted molar refractivity (Wildman–Crippen MR) is 81.9 cm³/mol. The highest BCUT2D eigenvalue weighted by Gasteiger charge is 2.40. The molecule has 0 atom stereocenters. The number of anilines is 1. The van der Waals surface area contributed by atoms with E-state index in [1.807, 2.05) is 0 Å². The fourth-order valence-electron chi connectivity index (χ4n) is 3.80. The van der Waals surface area contributed by atoms with Gasteiger partial charge in [0.1, 0.15) is 0 Å². The van der Waals surface area contributed by atoms with Gasteiger partial charge in [0.05, 0.1) is 0 Å². The summed E-state index contributed by atoms with van der Waals surface area (Å²) in [7, 11) is 2.25. The Labute approximate surface area is 117 Å². The molecule has 1 spiro atoms. The minimum absolute atomic E-state index is 0.601. The average molecular weight is 258 g/mol. The molecule has 2 heterocycles. The predicted octanol–water partition coefficient (Wildman–Crippen LogP) is 3.23. The number of piperidine rings is 1. The summed E-state index contributed by atoms with van der Waals surface area (Å²) in [5.41, 5.74) is 4.87. The van der Waals surface area contributed by atoms with Crippen LogP contribution in [0.3, 0.4) is 0 Å². The van der Waals surface area contributed by atoms with Gasteiger partial charge in [-0.15, -0.1) is 0 Å². The van der Waals surface area contributed by atoms with Crippen molar-refractivity contribution in [1.82, 2.24) is 4.90 Å². The molecule has 0 N–H and O–H groups in total. The molecule has 0 unspecified atom stereocenters. The largest absolute Gasteiger partial charge is 0.371 e. The zero-order chi connectivity index (χ0) is 13.5. The van der Waals surface area contributed by atoms with Gasteiger partial charge in [-0.2, -0.15) is 0 Å². The normalized spacial score (nSPS) is 23.2. The molecule has 19 heavy (non-hydrogen) atoms. The Morgan fingerprint density at radius 2 is 1.68 bits per heavy atom. The lowest BCUT2D eigenvalue weighted by atomic mass is 9.78. The summed E-state index contributed by atoms with van der Waals surface area (Å²) in [5, 5.41) is 0. The average Bonchev–Trinajstić information content (AvgIpc) is 2.78. The van der Waals surface area contributed by atoms with Crippen molar-refractivity contribution >= 4 is 5.69 Å². The summed E-state index contributed by atoms with van der Waals surface area (Å²) < 4.78 is 0. The first-order valence-electron chi connectivity index (χ1n) is 7.59. The maximum absolute atomic E-state index is 2.63.